The van der Waals surface area contributed by atoms with E-state index in [0.717, 1.165) is 22.3 Å². The molecule has 2 aromatic carbocycles. The quantitative estimate of drug-likeness (QED) is 0.583. The molecular formula is C19H16N4O. The first-order valence-corrected chi connectivity index (χ1v) is 7.86. The van der Waals surface area contributed by atoms with Crippen molar-refractivity contribution in [2.24, 2.45) is 0 Å². The van der Waals surface area contributed by atoms with Gasteiger partial charge in [-0.15, -0.1) is 0 Å². The Bertz CT molecular complexity index is 1060. The van der Waals surface area contributed by atoms with Crippen LogP contribution in [0, 0.1) is 0 Å². The molecule has 0 aliphatic carbocycles. The topological polar surface area (TPSA) is 52.7 Å². The van der Waals surface area contributed by atoms with Gasteiger partial charge in [0, 0.05) is 24.0 Å². The van der Waals surface area contributed by atoms with Crippen molar-refractivity contribution in [1.82, 2.24) is 19.1 Å². The predicted octanol–water partition coefficient (Wildman–Crippen LogP) is 3.27. The third-order valence-corrected chi connectivity index (χ3v) is 4.09. The van der Waals surface area contributed by atoms with Crippen molar-refractivity contribution in [2.75, 3.05) is 0 Å². The first-order chi connectivity index (χ1) is 11.8. The molecule has 2 aromatic heterocycles. The summed E-state index contributed by atoms with van der Waals surface area (Å²) in [6.45, 7) is 2.54. The van der Waals surface area contributed by atoms with Crippen LogP contribution in [0.3, 0.4) is 0 Å². The maximum atomic E-state index is 11.9. The molecule has 118 valence electrons. The van der Waals surface area contributed by atoms with Crippen molar-refractivity contribution in [3.8, 4) is 16.9 Å². The Hall–Kier alpha value is -3.21. The minimum absolute atomic E-state index is 0.232. The average molecular weight is 316 g/mol. The van der Waals surface area contributed by atoms with Crippen LogP contribution in [0.4, 0.5) is 0 Å². The van der Waals surface area contributed by atoms with Gasteiger partial charge in [0.2, 0.25) is 0 Å². The fraction of sp³-hybridized carbons (Fsp3) is 0.105. The average Bonchev–Trinajstić information content (AvgIpc) is 3.05. The highest BCUT2D eigenvalue weighted by Crippen LogP contribution is 2.23. The molecular weight excluding hydrogens is 300 g/mol. The van der Waals surface area contributed by atoms with E-state index in [1.807, 2.05) is 72.4 Å². The summed E-state index contributed by atoms with van der Waals surface area (Å²) in [5.41, 5.74) is 4.29. The van der Waals surface area contributed by atoms with Crippen LogP contribution in [0.15, 0.2) is 71.9 Å². The van der Waals surface area contributed by atoms with Crippen LogP contribution in [-0.2, 0) is 6.54 Å². The summed E-state index contributed by atoms with van der Waals surface area (Å²) >= 11 is 0. The van der Waals surface area contributed by atoms with Crippen molar-refractivity contribution in [2.45, 2.75) is 13.5 Å². The highest BCUT2D eigenvalue weighted by Gasteiger charge is 2.08. The molecule has 0 saturated heterocycles. The minimum atomic E-state index is -0.232. The summed E-state index contributed by atoms with van der Waals surface area (Å²) in [7, 11) is 0. The van der Waals surface area contributed by atoms with Gasteiger partial charge in [0.1, 0.15) is 6.33 Å². The second-order valence-corrected chi connectivity index (χ2v) is 5.53. The Kier molecular flexibility index (Phi) is 3.46. The molecule has 0 atom stereocenters. The molecule has 0 radical (unpaired) electrons. The smallest absolute Gasteiger partial charge is 0.299 e. The monoisotopic (exact) mass is 316 g/mol. The van der Waals surface area contributed by atoms with E-state index in [2.05, 4.69) is 9.97 Å². The van der Waals surface area contributed by atoms with E-state index in [-0.39, 0.29) is 5.69 Å². The number of hydrogen-bond donors (Lipinski definition) is 0. The standard InChI is InChI=1S/C19H16N4O/c1-2-22-11-10-16(21-19(22)24)14-8-9-18-17(12-14)20-13-23(18)15-6-4-3-5-7-15/h3-13H,2H2,1H3. The van der Waals surface area contributed by atoms with Crippen LogP contribution in [0.1, 0.15) is 6.92 Å². The number of rotatable bonds is 3. The van der Waals surface area contributed by atoms with Crippen molar-refractivity contribution in [1.29, 1.82) is 0 Å². The summed E-state index contributed by atoms with van der Waals surface area (Å²) in [6.07, 6.45) is 3.59. The molecule has 0 spiro atoms. The lowest BCUT2D eigenvalue weighted by Crippen LogP contribution is -2.21. The number of aryl methyl sites for hydroxylation is 1. The van der Waals surface area contributed by atoms with Crippen molar-refractivity contribution < 1.29 is 0 Å². The largest absolute Gasteiger partial charge is 0.348 e. The maximum Gasteiger partial charge on any atom is 0.348 e. The molecule has 4 aromatic rings. The van der Waals surface area contributed by atoms with Gasteiger partial charge in [-0.25, -0.2) is 9.78 Å². The van der Waals surface area contributed by atoms with Gasteiger partial charge in [0.15, 0.2) is 0 Å². The maximum absolute atomic E-state index is 11.9. The lowest BCUT2D eigenvalue weighted by atomic mass is 10.1. The highest BCUT2D eigenvalue weighted by atomic mass is 16.1. The summed E-state index contributed by atoms with van der Waals surface area (Å²) in [4.78, 5) is 20.6. The Morgan fingerprint density at radius 2 is 1.88 bits per heavy atom. The summed E-state index contributed by atoms with van der Waals surface area (Å²) in [5, 5.41) is 0. The number of nitrogens with zero attached hydrogens (tertiary/aromatic N) is 4. The van der Waals surface area contributed by atoms with Crippen molar-refractivity contribution >= 4 is 11.0 Å². The normalized spacial score (nSPS) is 11.0. The molecule has 4 rings (SSSR count). The van der Waals surface area contributed by atoms with Gasteiger partial charge in [0.25, 0.3) is 0 Å². The molecule has 5 nitrogen and oxygen atoms in total. The molecule has 0 saturated carbocycles. The summed E-state index contributed by atoms with van der Waals surface area (Å²) < 4.78 is 3.62. The van der Waals surface area contributed by atoms with E-state index in [9.17, 15) is 4.79 Å². The molecule has 0 fully saturated rings. The molecule has 5 heteroatoms. The van der Waals surface area contributed by atoms with Gasteiger partial charge >= 0.3 is 5.69 Å². The Morgan fingerprint density at radius 3 is 2.62 bits per heavy atom. The number of aromatic nitrogens is 4. The second kappa shape index (κ2) is 5.77. The van der Waals surface area contributed by atoms with Crippen LogP contribution in [0.5, 0.6) is 0 Å². The lowest BCUT2D eigenvalue weighted by molar-refractivity contribution is 0.700. The van der Waals surface area contributed by atoms with Crippen LogP contribution in [0.2, 0.25) is 0 Å². The Labute approximate surface area is 138 Å². The van der Waals surface area contributed by atoms with Gasteiger partial charge in [-0.1, -0.05) is 24.3 Å². The molecule has 0 aliphatic rings. The molecule has 0 unspecified atom stereocenters. The Balaban J connectivity index is 1.80. The van der Waals surface area contributed by atoms with Gasteiger partial charge in [-0.3, -0.25) is 9.13 Å². The van der Waals surface area contributed by atoms with E-state index in [1.54, 1.807) is 10.8 Å². The SMILES string of the molecule is CCn1ccc(-c2ccc3c(c2)ncn3-c2ccccc2)nc1=O. The number of benzene rings is 2. The van der Waals surface area contributed by atoms with Gasteiger partial charge in [-0.2, -0.15) is 4.98 Å². The van der Waals surface area contributed by atoms with E-state index < -0.39 is 0 Å². The fourth-order valence-electron chi connectivity index (χ4n) is 2.80. The molecule has 0 bridgehead atoms. The lowest BCUT2D eigenvalue weighted by Gasteiger charge is -2.06. The molecule has 0 amide bonds. The third kappa shape index (κ3) is 2.40. The number of imidazole rings is 1. The van der Waals surface area contributed by atoms with E-state index in [1.165, 1.54) is 0 Å². The minimum Gasteiger partial charge on any atom is -0.299 e. The van der Waals surface area contributed by atoms with Crippen LogP contribution in [-0.4, -0.2) is 19.1 Å². The van der Waals surface area contributed by atoms with Crippen LogP contribution >= 0.6 is 0 Å². The van der Waals surface area contributed by atoms with Gasteiger partial charge < -0.3 is 0 Å². The molecule has 0 aliphatic heterocycles. The first-order valence-electron chi connectivity index (χ1n) is 7.86. The van der Waals surface area contributed by atoms with Gasteiger partial charge in [-0.05, 0) is 37.3 Å². The zero-order valence-corrected chi connectivity index (χ0v) is 13.3. The summed E-state index contributed by atoms with van der Waals surface area (Å²) in [6, 6.07) is 17.9. The van der Waals surface area contributed by atoms with E-state index in [0.29, 0.717) is 12.2 Å². The number of para-hydroxylation sites is 1. The highest BCUT2D eigenvalue weighted by molar-refractivity contribution is 5.82. The number of hydrogen-bond acceptors (Lipinski definition) is 3. The first kappa shape index (κ1) is 14.4. The van der Waals surface area contributed by atoms with Crippen LogP contribution in [0.25, 0.3) is 28.0 Å². The van der Waals surface area contributed by atoms with E-state index in [4.69, 9.17) is 0 Å². The zero-order chi connectivity index (χ0) is 16.5. The number of fused-ring (bicyclic) bond motifs is 1. The molecule has 2 heterocycles. The third-order valence-electron chi connectivity index (χ3n) is 4.09. The van der Waals surface area contributed by atoms with Crippen LogP contribution < -0.4 is 5.69 Å². The van der Waals surface area contributed by atoms with Gasteiger partial charge in [0.05, 0.1) is 16.7 Å². The van der Waals surface area contributed by atoms with Crippen molar-refractivity contribution in [3.05, 3.63) is 77.6 Å². The summed E-state index contributed by atoms with van der Waals surface area (Å²) in [5.74, 6) is 0. The van der Waals surface area contributed by atoms with E-state index >= 15 is 0 Å². The second-order valence-electron chi connectivity index (χ2n) is 5.53. The zero-order valence-electron chi connectivity index (χ0n) is 13.3. The molecule has 24 heavy (non-hydrogen) atoms. The Morgan fingerprint density at radius 1 is 1.04 bits per heavy atom. The fourth-order valence-corrected chi connectivity index (χ4v) is 2.80. The van der Waals surface area contributed by atoms with Crippen molar-refractivity contribution in [3.63, 3.8) is 0 Å². The predicted molar refractivity (Wildman–Crippen MR) is 94.2 cm³/mol. The molecule has 0 N–H and O–H groups in total.